The molecule has 1 aliphatic heterocycles. The van der Waals surface area contributed by atoms with E-state index < -0.39 is 13.9 Å². The topological polar surface area (TPSA) is 62.6 Å². The largest absolute Gasteiger partial charge is 0.444 e. The molecule has 0 aliphatic carbocycles. The van der Waals surface area contributed by atoms with Gasteiger partial charge in [-0.05, 0) is 49.0 Å². The number of rotatable bonds is 5. The third-order valence-corrected chi connectivity index (χ3v) is 11.4. The highest BCUT2D eigenvalue weighted by atomic mass is 28.4. The molecule has 1 heterocycles. The summed E-state index contributed by atoms with van der Waals surface area (Å²) in [5.74, 6) is -0.0913. The van der Waals surface area contributed by atoms with Crippen LogP contribution in [0, 0.1) is 17.2 Å². The molecule has 2 aromatic carbocycles. The number of amides is 1. The lowest BCUT2D eigenvalue weighted by Crippen LogP contribution is -2.67. The number of likely N-dealkylation sites (tertiary alicyclic amines) is 1. The van der Waals surface area contributed by atoms with Crippen molar-refractivity contribution in [3.63, 3.8) is 0 Å². The number of hydrogen-bond acceptors (Lipinski definition) is 4. The van der Waals surface area contributed by atoms with Gasteiger partial charge in [-0.3, -0.25) is 0 Å². The van der Waals surface area contributed by atoms with Crippen LogP contribution in [0.3, 0.4) is 0 Å². The summed E-state index contributed by atoms with van der Waals surface area (Å²) >= 11 is 0. The van der Waals surface area contributed by atoms with Crippen molar-refractivity contribution in [2.75, 3.05) is 13.2 Å². The summed E-state index contributed by atoms with van der Waals surface area (Å²) in [6.45, 7) is 13.2. The average molecular weight is 479 g/mol. The van der Waals surface area contributed by atoms with E-state index in [1.54, 1.807) is 4.90 Å². The Morgan fingerprint density at radius 2 is 1.53 bits per heavy atom. The molecule has 0 radical (unpaired) electrons. The SMILES string of the molecule is CC(C)(C)OC(=O)N1CC[C@H](C#N)C[C@H]1CO[Si](c1ccccc1)(c1ccccc1)C(C)(C)C. The summed E-state index contributed by atoms with van der Waals surface area (Å²) < 4.78 is 12.8. The summed E-state index contributed by atoms with van der Waals surface area (Å²) in [6, 6.07) is 23.2. The third-order valence-electron chi connectivity index (χ3n) is 6.44. The minimum Gasteiger partial charge on any atom is -0.444 e. The fraction of sp³-hybridized carbons (Fsp3) is 0.500. The fourth-order valence-corrected chi connectivity index (χ4v) is 9.47. The molecular formula is C28H38N2O3Si. The number of carbonyl (C=O) groups is 1. The zero-order chi connectivity index (χ0) is 25.0. The van der Waals surface area contributed by atoms with E-state index in [2.05, 4.69) is 75.4 Å². The number of ether oxygens (including phenoxy) is 1. The second-order valence-corrected chi connectivity index (χ2v) is 15.5. The maximum absolute atomic E-state index is 13.1. The first kappa shape index (κ1) is 26.0. The van der Waals surface area contributed by atoms with E-state index in [-0.39, 0.29) is 23.1 Å². The first-order valence-electron chi connectivity index (χ1n) is 12.1. The lowest BCUT2D eigenvalue weighted by Gasteiger charge is -2.45. The molecule has 34 heavy (non-hydrogen) atoms. The number of benzene rings is 2. The van der Waals surface area contributed by atoms with E-state index in [4.69, 9.17) is 9.16 Å². The van der Waals surface area contributed by atoms with Gasteiger partial charge in [-0.25, -0.2) is 4.79 Å². The maximum Gasteiger partial charge on any atom is 0.410 e. The van der Waals surface area contributed by atoms with Crippen LogP contribution in [0.2, 0.25) is 5.04 Å². The highest BCUT2D eigenvalue weighted by Crippen LogP contribution is 2.37. The summed E-state index contributed by atoms with van der Waals surface area (Å²) in [5, 5.41) is 11.9. The minimum atomic E-state index is -2.74. The molecule has 5 nitrogen and oxygen atoms in total. The molecule has 182 valence electrons. The van der Waals surface area contributed by atoms with Gasteiger partial charge in [0.15, 0.2) is 0 Å². The fourth-order valence-electron chi connectivity index (χ4n) is 4.87. The molecule has 1 amide bonds. The van der Waals surface area contributed by atoms with Crippen molar-refractivity contribution in [1.29, 1.82) is 5.26 Å². The van der Waals surface area contributed by atoms with E-state index >= 15 is 0 Å². The molecule has 1 saturated heterocycles. The van der Waals surface area contributed by atoms with Gasteiger partial charge in [0.2, 0.25) is 0 Å². The quantitative estimate of drug-likeness (QED) is 0.561. The van der Waals surface area contributed by atoms with E-state index in [9.17, 15) is 10.1 Å². The Kier molecular flexibility index (Phi) is 7.90. The molecule has 2 atom stereocenters. The Bertz CT molecular complexity index is 951. The Morgan fingerprint density at radius 1 is 1.00 bits per heavy atom. The van der Waals surface area contributed by atoms with Crippen LogP contribution >= 0.6 is 0 Å². The highest BCUT2D eigenvalue weighted by molar-refractivity contribution is 6.99. The highest BCUT2D eigenvalue weighted by Gasteiger charge is 2.51. The zero-order valence-corrected chi connectivity index (χ0v) is 22.4. The first-order chi connectivity index (χ1) is 16.0. The number of hydrogen-bond donors (Lipinski definition) is 0. The monoisotopic (exact) mass is 478 g/mol. The van der Waals surface area contributed by atoms with Gasteiger partial charge in [-0.2, -0.15) is 5.26 Å². The lowest BCUT2D eigenvalue weighted by molar-refractivity contribution is -0.000346. The van der Waals surface area contributed by atoms with Crippen molar-refractivity contribution in [1.82, 2.24) is 4.90 Å². The molecule has 6 heteroatoms. The van der Waals surface area contributed by atoms with Gasteiger partial charge in [-0.15, -0.1) is 0 Å². The Hall–Kier alpha value is -2.62. The van der Waals surface area contributed by atoms with Crippen LogP contribution in [0.15, 0.2) is 60.7 Å². The van der Waals surface area contributed by atoms with Crippen LogP contribution in [0.25, 0.3) is 0 Å². The van der Waals surface area contributed by atoms with Crippen molar-refractivity contribution in [2.45, 2.75) is 71.1 Å². The Labute approximate surface area is 205 Å². The number of carbonyl (C=O) groups excluding carboxylic acids is 1. The summed E-state index contributed by atoms with van der Waals surface area (Å²) in [6.07, 6.45) is 0.916. The lowest BCUT2D eigenvalue weighted by atomic mass is 9.93. The van der Waals surface area contributed by atoms with Gasteiger partial charge in [-0.1, -0.05) is 81.4 Å². The van der Waals surface area contributed by atoms with Crippen molar-refractivity contribution in [2.24, 2.45) is 5.92 Å². The van der Waals surface area contributed by atoms with Crippen molar-refractivity contribution < 1.29 is 14.0 Å². The molecule has 0 bridgehead atoms. The van der Waals surface area contributed by atoms with Gasteiger partial charge in [0.25, 0.3) is 8.32 Å². The maximum atomic E-state index is 13.1. The normalized spacial score (nSPS) is 19.4. The van der Waals surface area contributed by atoms with Gasteiger partial charge in [0, 0.05) is 6.54 Å². The van der Waals surface area contributed by atoms with Gasteiger partial charge >= 0.3 is 6.09 Å². The van der Waals surface area contributed by atoms with Crippen LogP contribution in [-0.2, 0) is 9.16 Å². The summed E-state index contributed by atoms with van der Waals surface area (Å²) in [7, 11) is -2.74. The predicted molar refractivity (Wildman–Crippen MR) is 139 cm³/mol. The van der Waals surface area contributed by atoms with Crippen molar-refractivity contribution >= 4 is 24.8 Å². The van der Waals surface area contributed by atoms with E-state index in [0.29, 0.717) is 26.0 Å². The number of nitrogens with zero attached hydrogens (tertiary/aromatic N) is 2. The van der Waals surface area contributed by atoms with Crippen LogP contribution < -0.4 is 10.4 Å². The molecule has 0 spiro atoms. The average Bonchev–Trinajstić information content (AvgIpc) is 2.78. The summed E-state index contributed by atoms with van der Waals surface area (Å²) in [4.78, 5) is 14.8. The van der Waals surface area contributed by atoms with E-state index in [1.807, 2.05) is 32.9 Å². The van der Waals surface area contributed by atoms with Crippen LogP contribution in [0.1, 0.15) is 54.4 Å². The molecule has 0 saturated carbocycles. The smallest absolute Gasteiger partial charge is 0.410 e. The Balaban J connectivity index is 2.00. The predicted octanol–water partition coefficient (Wildman–Crippen LogP) is 5.10. The molecular weight excluding hydrogens is 440 g/mol. The van der Waals surface area contributed by atoms with Gasteiger partial charge in [0.1, 0.15) is 5.60 Å². The summed E-state index contributed by atoms with van der Waals surface area (Å²) in [5.41, 5.74) is -0.577. The van der Waals surface area contributed by atoms with E-state index in [1.165, 1.54) is 10.4 Å². The zero-order valence-electron chi connectivity index (χ0n) is 21.4. The molecule has 3 rings (SSSR count). The Morgan fingerprint density at radius 3 is 1.97 bits per heavy atom. The molecule has 0 N–H and O–H groups in total. The standard InChI is InChI=1S/C28H38N2O3Si/c1-27(2,3)33-26(31)30-18-17-22(20-29)19-23(30)21-32-34(28(4,5)6,24-13-9-7-10-14-24)25-15-11-8-12-16-25/h7-16,22-23H,17-19,21H2,1-6H3/t22-,23-/m0/s1. The second-order valence-electron chi connectivity index (χ2n) is 11.2. The first-order valence-corrected chi connectivity index (χ1v) is 14.0. The molecule has 1 aliphatic rings. The number of nitriles is 1. The van der Waals surface area contributed by atoms with Crippen molar-refractivity contribution in [3.8, 4) is 6.07 Å². The third kappa shape index (κ3) is 5.71. The van der Waals surface area contributed by atoms with Crippen LogP contribution in [0.4, 0.5) is 4.79 Å². The van der Waals surface area contributed by atoms with Gasteiger partial charge < -0.3 is 14.1 Å². The molecule has 0 aromatic heterocycles. The van der Waals surface area contributed by atoms with Gasteiger partial charge in [0.05, 0.1) is 24.6 Å². The molecule has 2 aromatic rings. The van der Waals surface area contributed by atoms with Crippen LogP contribution in [-0.4, -0.2) is 44.1 Å². The van der Waals surface area contributed by atoms with Crippen molar-refractivity contribution in [3.05, 3.63) is 60.7 Å². The second kappa shape index (κ2) is 10.3. The minimum absolute atomic E-state index is 0.0913. The molecule has 0 unspecified atom stereocenters. The van der Waals surface area contributed by atoms with E-state index in [0.717, 1.165) is 0 Å². The molecule has 1 fully saturated rings. The number of piperidine rings is 1. The van der Waals surface area contributed by atoms with Crippen LogP contribution in [0.5, 0.6) is 0 Å².